The van der Waals surface area contributed by atoms with Crippen molar-refractivity contribution in [3.05, 3.63) is 48.0 Å². The zero-order chi connectivity index (χ0) is 15.9. The third-order valence-electron chi connectivity index (χ3n) is 3.08. The number of hydrogen-bond acceptors (Lipinski definition) is 4. The number of methoxy groups -OCH3 is 1. The summed E-state index contributed by atoms with van der Waals surface area (Å²) in [6.07, 6.45) is 0.902. The molecule has 0 aromatic heterocycles. The van der Waals surface area contributed by atoms with Crippen molar-refractivity contribution in [1.29, 1.82) is 0 Å². The van der Waals surface area contributed by atoms with Crippen LogP contribution in [0.5, 0.6) is 11.5 Å². The third kappa shape index (κ3) is 3.91. The zero-order valence-corrected chi connectivity index (χ0v) is 12.8. The van der Waals surface area contributed by atoms with Gasteiger partial charge in [0.1, 0.15) is 11.5 Å². The maximum atomic E-state index is 12.2. The van der Waals surface area contributed by atoms with Crippen LogP contribution in [0.15, 0.2) is 42.5 Å². The summed E-state index contributed by atoms with van der Waals surface area (Å²) in [6, 6.07) is 12.1. The van der Waals surface area contributed by atoms with Crippen LogP contribution in [-0.2, 0) is 0 Å². The van der Waals surface area contributed by atoms with E-state index in [1.165, 1.54) is 0 Å². The van der Waals surface area contributed by atoms with E-state index in [1.54, 1.807) is 49.6 Å². The molecule has 0 aliphatic rings. The zero-order valence-electron chi connectivity index (χ0n) is 12.8. The minimum atomic E-state index is -0.223. The Morgan fingerprint density at radius 2 is 1.91 bits per heavy atom. The van der Waals surface area contributed by atoms with Gasteiger partial charge in [0, 0.05) is 11.3 Å². The molecule has 1 amide bonds. The fourth-order valence-electron chi connectivity index (χ4n) is 1.91. The molecule has 0 fully saturated rings. The smallest absolute Gasteiger partial charge is 0.255 e. The lowest BCUT2D eigenvalue weighted by Gasteiger charge is -2.10. The molecule has 0 saturated heterocycles. The van der Waals surface area contributed by atoms with Gasteiger partial charge < -0.3 is 20.5 Å². The molecule has 5 nitrogen and oxygen atoms in total. The standard InChI is InChI=1S/C17H20N2O3/c1-3-10-22-16-9-4-12(11-15(16)18)17(20)19-13-5-7-14(21-2)8-6-13/h4-9,11H,3,10,18H2,1-2H3,(H,19,20). The molecular formula is C17H20N2O3. The van der Waals surface area contributed by atoms with Gasteiger partial charge in [-0.2, -0.15) is 0 Å². The van der Waals surface area contributed by atoms with Crippen LogP contribution in [-0.4, -0.2) is 19.6 Å². The number of nitrogens with two attached hydrogens (primary N) is 1. The van der Waals surface area contributed by atoms with Gasteiger partial charge in [0.2, 0.25) is 0 Å². The van der Waals surface area contributed by atoms with Crippen molar-refractivity contribution in [2.75, 3.05) is 24.8 Å². The molecule has 0 bridgehead atoms. The van der Waals surface area contributed by atoms with Gasteiger partial charge in [0.25, 0.3) is 5.91 Å². The number of nitrogens with one attached hydrogen (secondary N) is 1. The second-order valence-electron chi connectivity index (χ2n) is 4.78. The lowest BCUT2D eigenvalue weighted by atomic mass is 10.1. The van der Waals surface area contributed by atoms with E-state index >= 15 is 0 Å². The molecule has 0 unspecified atom stereocenters. The highest BCUT2D eigenvalue weighted by molar-refractivity contribution is 6.05. The van der Waals surface area contributed by atoms with Crippen LogP contribution in [0.2, 0.25) is 0 Å². The maximum absolute atomic E-state index is 12.2. The van der Waals surface area contributed by atoms with Crippen molar-refractivity contribution in [2.24, 2.45) is 0 Å². The molecule has 2 aromatic rings. The number of anilines is 2. The first-order valence-corrected chi connectivity index (χ1v) is 7.11. The summed E-state index contributed by atoms with van der Waals surface area (Å²) in [4.78, 5) is 12.2. The summed E-state index contributed by atoms with van der Waals surface area (Å²) in [6.45, 7) is 2.62. The van der Waals surface area contributed by atoms with E-state index in [9.17, 15) is 4.79 Å². The van der Waals surface area contributed by atoms with E-state index in [2.05, 4.69) is 5.32 Å². The van der Waals surface area contributed by atoms with E-state index in [4.69, 9.17) is 15.2 Å². The molecule has 2 aromatic carbocycles. The van der Waals surface area contributed by atoms with E-state index in [1.807, 2.05) is 6.92 Å². The third-order valence-corrected chi connectivity index (χ3v) is 3.08. The van der Waals surface area contributed by atoms with E-state index in [0.29, 0.717) is 29.3 Å². The molecule has 116 valence electrons. The van der Waals surface area contributed by atoms with Crippen molar-refractivity contribution in [3.63, 3.8) is 0 Å². The van der Waals surface area contributed by atoms with Gasteiger partial charge >= 0.3 is 0 Å². The Balaban J connectivity index is 2.06. The van der Waals surface area contributed by atoms with Crippen LogP contribution in [0.1, 0.15) is 23.7 Å². The largest absolute Gasteiger partial charge is 0.497 e. The summed E-state index contributed by atoms with van der Waals surface area (Å²) < 4.78 is 10.6. The minimum absolute atomic E-state index is 0.223. The van der Waals surface area contributed by atoms with Gasteiger partial charge in [0.05, 0.1) is 19.4 Å². The highest BCUT2D eigenvalue weighted by atomic mass is 16.5. The van der Waals surface area contributed by atoms with Crippen molar-refractivity contribution in [2.45, 2.75) is 13.3 Å². The maximum Gasteiger partial charge on any atom is 0.255 e. The predicted octanol–water partition coefficient (Wildman–Crippen LogP) is 3.32. The number of hydrogen-bond donors (Lipinski definition) is 2. The molecule has 0 aliphatic heterocycles. The van der Waals surface area contributed by atoms with Crippen molar-refractivity contribution < 1.29 is 14.3 Å². The predicted molar refractivity (Wildman–Crippen MR) is 87.6 cm³/mol. The number of carbonyl (C=O) groups is 1. The Hall–Kier alpha value is -2.69. The molecule has 0 aliphatic carbocycles. The first-order chi connectivity index (χ1) is 10.6. The molecule has 0 heterocycles. The fourth-order valence-corrected chi connectivity index (χ4v) is 1.91. The van der Waals surface area contributed by atoms with E-state index in [0.717, 1.165) is 12.2 Å². The second kappa shape index (κ2) is 7.36. The first kappa shape index (κ1) is 15.7. The summed E-state index contributed by atoms with van der Waals surface area (Å²) in [7, 11) is 1.60. The number of carbonyl (C=O) groups excluding carboxylic acids is 1. The summed E-state index contributed by atoms with van der Waals surface area (Å²) in [5.74, 6) is 1.11. The monoisotopic (exact) mass is 300 g/mol. The molecule has 0 saturated carbocycles. The van der Waals surface area contributed by atoms with Gasteiger partial charge in [-0.3, -0.25) is 4.79 Å². The Bertz CT molecular complexity index is 639. The fraction of sp³-hybridized carbons (Fsp3) is 0.235. The average molecular weight is 300 g/mol. The van der Waals surface area contributed by atoms with Crippen LogP contribution in [0.25, 0.3) is 0 Å². The lowest BCUT2D eigenvalue weighted by molar-refractivity contribution is 0.102. The highest BCUT2D eigenvalue weighted by Crippen LogP contribution is 2.23. The lowest BCUT2D eigenvalue weighted by Crippen LogP contribution is -2.12. The molecule has 0 atom stereocenters. The van der Waals surface area contributed by atoms with Gasteiger partial charge in [-0.25, -0.2) is 0 Å². The van der Waals surface area contributed by atoms with Crippen LogP contribution in [0, 0.1) is 0 Å². The summed E-state index contributed by atoms with van der Waals surface area (Å²) in [5.41, 5.74) is 7.54. The number of benzene rings is 2. The minimum Gasteiger partial charge on any atom is -0.497 e. The highest BCUT2D eigenvalue weighted by Gasteiger charge is 2.09. The Labute approximate surface area is 130 Å². The van der Waals surface area contributed by atoms with Crippen molar-refractivity contribution in [1.82, 2.24) is 0 Å². The van der Waals surface area contributed by atoms with Gasteiger partial charge in [-0.05, 0) is 48.9 Å². The Morgan fingerprint density at radius 1 is 1.18 bits per heavy atom. The normalized spacial score (nSPS) is 10.1. The van der Waals surface area contributed by atoms with Crippen LogP contribution in [0.4, 0.5) is 11.4 Å². The van der Waals surface area contributed by atoms with Crippen molar-refractivity contribution >= 4 is 17.3 Å². The molecule has 5 heteroatoms. The number of rotatable bonds is 6. The van der Waals surface area contributed by atoms with E-state index in [-0.39, 0.29) is 5.91 Å². The second-order valence-corrected chi connectivity index (χ2v) is 4.78. The molecule has 2 rings (SSSR count). The molecule has 22 heavy (non-hydrogen) atoms. The van der Waals surface area contributed by atoms with Crippen molar-refractivity contribution in [3.8, 4) is 11.5 Å². The van der Waals surface area contributed by atoms with E-state index < -0.39 is 0 Å². The average Bonchev–Trinajstić information content (AvgIpc) is 2.54. The summed E-state index contributed by atoms with van der Waals surface area (Å²) >= 11 is 0. The van der Waals surface area contributed by atoms with Crippen LogP contribution in [0.3, 0.4) is 0 Å². The Kier molecular flexibility index (Phi) is 5.25. The van der Waals surface area contributed by atoms with Gasteiger partial charge in [-0.1, -0.05) is 6.92 Å². The quantitative estimate of drug-likeness (QED) is 0.803. The van der Waals surface area contributed by atoms with Gasteiger partial charge in [0.15, 0.2) is 0 Å². The molecule has 3 N–H and O–H groups in total. The van der Waals surface area contributed by atoms with Crippen LogP contribution >= 0.6 is 0 Å². The SMILES string of the molecule is CCCOc1ccc(C(=O)Nc2ccc(OC)cc2)cc1N. The Morgan fingerprint density at radius 3 is 2.50 bits per heavy atom. The molecule has 0 radical (unpaired) electrons. The number of amides is 1. The topological polar surface area (TPSA) is 73.6 Å². The first-order valence-electron chi connectivity index (χ1n) is 7.11. The number of ether oxygens (including phenoxy) is 2. The number of nitrogen functional groups attached to an aromatic ring is 1. The van der Waals surface area contributed by atoms with Crippen LogP contribution < -0.4 is 20.5 Å². The summed E-state index contributed by atoms with van der Waals surface area (Å²) in [5, 5.41) is 2.81. The molecular weight excluding hydrogens is 280 g/mol. The van der Waals surface area contributed by atoms with Gasteiger partial charge in [-0.15, -0.1) is 0 Å². The molecule has 0 spiro atoms.